The van der Waals surface area contributed by atoms with Crippen LogP contribution in [-0.2, 0) is 4.79 Å². The lowest BCUT2D eigenvalue weighted by Gasteiger charge is -2.03. The molecule has 1 amide bonds. The molecule has 0 unspecified atom stereocenters. The van der Waals surface area contributed by atoms with Gasteiger partial charge in [0.05, 0.1) is 10.8 Å². The topological polar surface area (TPSA) is 79.3 Å². The number of nitrogens with zero attached hydrogens (tertiary/aromatic N) is 1. The number of amides is 1. The number of aliphatic carboxylic acids is 1. The van der Waals surface area contributed by atoms with Gasteiger partial charge in [-0.25, -0.2) is 4.98 Å². The number of carboxylic acids is 1. The highest BCUT2D eigenvalue weighted by atomic mass is 35.5. The van der Waals surface area contributed by atoms with Gasteiger partial charge in [-0.3, -0.25) is 9.59 Å². The molecule has 2 N–H and O–H groups in total. The Morgan fingerprint density at radius 1 is 1.47 bits per heavy atom. The third kappa shape index (κ3) is 5.55. The van der Waals surface area contributed by atoms with E-state index in [0.29, 0.717) is 17.3 Å². The number of thioether (sulfide) groups is 1. The van der Waals surface area contributed by atoms with Crippen molar-refractivity contribution in [2.45, 2.75) is 0 Å². The molecule has 0 saturated carbocycles. The lowest BCUT2D eigenvalue weighted by molar-refractivity contribution is -0.133. The largest absolute Gasteiger partial charge is 0.481 e. The standard InChI is InChI=1S/C10H11ClN2O3S/c11-7-1-2-8(13-5-7)10(16)12-3-4-17-6-9(14)15/h1-2,5H,3-4,6H2,(H,12,16)(H,14,15). The van der Waals surface area contributed by atoms with Crippen LogP contribution in [-0.4, -0.2) is 40.0 Å². The van der Waals surface area contributed by atoms with E-state index in [9.17, 15) is 9.59 Å². The van der Waals surface area contributed by atoms with E-state index in [0.717, 1.165) is 0 Å². The fraction of sp³-hybridized carbons (Fsp3) is 0.300. The van der Waals surface area contributed by atoms with E-state index in [1.165, 1.54) is 24.0 Å². The first-order valence-corrected chi connectivity index (χ1v) is 6.32. The fourth-order valence-corrected chi connectivity index (χ4v) is 1.67. The number of carbonyl (C=O) groups excluding carboxylic acids is 1. The molecule has 1 heterocycles. The Morgan fingerprint density at radius 2 is 2.24 bits per heavy atom. The second-order valence-electron chi connectivity index (χ2n) is 3.06. The summed E-state index contributed by atoms with van der Waals surface area (Å²) < 4.78 is 0. The van der Waals surface area contributed by atoms with Crippen LogP contribution in [0.2, 0.25) is 5.02 Å². The third-order valence-electron chi connectivity index (χ3n) is 1.72. The summed E-state index contributed by atoms with van der Waals surface area (Å²) in [6.45, 7) is 0.404. The maximum absolute atomic E-state index is 11.5. The monoisotopic (exact) mass is 274 g/mol. The number of rotatable bonds is 6. The van der Waals surface area contributed by atoms with Crippen molar-refractivity contribution in [1.29, 1.82) is 0 Å². The van der Waals surface area contributed by atoms with E-state index in [1.807, 2.05) is 0 Å². The van der Waals surface area contributed by atoms with Gasteiger partial charge < -0.3 is 10.4 Å². The van der Waals surface area contributed by atoms with Crippen LogP contribution in [0.25, 0.3) is 0 Å². The highest BCUT2D eigenvalue weighted by molar-refractivity contribution is 7.99. The zero-order valence-electron chi connectivity index (χ0n) is 8.85. The minimum atomic E-state index is -0.860. The lowest BCUT2D eigenvalue weighted by Crippen LogP contribution is -2.26. The number of aromatic nitrogens is 1. The number of hydrogen-bond donors (Lipinski definition) is 2. The molecular weight excluding hydrogens is 264 g/mol. The predicted molar refractivity (Wildman–Crippen MR) is 66.5 cm³/mol. The Bertz CT molecular complexity index is 397. The van der Waals surface area contributed by atoms with E-state index in [2.05, 4.69) is 10.3 Å². The van der Waals surface area contributed by atoms with Gasteiger partial charge in [-0.05, 0) is 12.1 Å². The van der Waals surface area contributed by atoms with E-state index >= 15 is 0 Å². The average Bonchev–Trinajstić information content (AvgIpc) is 2.29. The second-order valence-corrected chi connectivity index (χ2v) is 4.61. The molecule has 0 spiro atoms. The zero-order valence-corrected chi connectivity index (χ0v) is 10.4. The summed E-state index contributed by atoms with van der Waals surface area (Å²) in [6.07, 6.45) is 1.40. The first-order chi connectivity index (χ1) is 8.09. The number of carbonyl (C=O) groups is 2. The summed E-state index contributed by atoms with van der Waals surface area (Å²) in [4.78, 5) is 25.6. The van der Waals surface area contributed by atoms with E-state index in [4.69, 9.17) is 16.7 Å². The Morgan fingerprint density at radius 3 is 2.82 bits per heavy atom. The molecule has 0 aliphatic heterocycles. The molecule has 7 heteroatoms. The summed E-state index contributed by atoms with van der Waals surface area (Å²) in [6, 6.07) is 3.12. The van der Waals surface area contributed by atoms with Crippen LogP contribution >= 0.6 is 23.4 Å². The first-order valence-electron chi connectivity index (χ1n) is 4.79. The van der Waals surface area contributed by atoms with Gasteiger partial charge in [-0.15, -0.1) is 11.8 Å². The molecule has 92 valence electrons. The first kappa shape index (κ1) is 13.8. The quantitative estimate of drug-likeness (QED) is 0.764. The van der Waals surface area contributed by atoms with Gasteiger partial charge in [0.15, 0.2) is 0 Å². The van der Waals surface area contributed by atoms with Crippen LogP contribution in [0.4, 0.5) is 0 Å². The number of halogens is 1. The molecule has 0 aliphatic carbocycles. The summed E-state index contributed by atoms with van der Waals surface area (Å²) in [5.74, 6) is -0.570. The number of carboxylic acid groups (broad SMARTS) is 1. The van der Waals surface area contributed by atoms with Crippen molar-refractivity contribution in [3.8, 4) is 0 Å². The number of hydrogen-bond acceptors (Lipinski definition) is 4. The molecule has 0 atom stereocenters. The summed E-state index contributed by atoms with van der Waals surface area (Å²) >= 11 is 6.88. The smallest absolute Gasteiger partial charge is 0.313 e. The molecule has 0 bridgehead atoms. The molecule has 1 aromatic heterocycles. The molecule has 1 aromatic rings. The second kappa shape index (κ2) is 7.13. The molecule has 0 aromatic carbocycles. The van der Waals surface area contributed by atoms with E-state index in [1.54, 1.807) is 6.07 Å². The van der Waals surface area contributed by atoms with Gasteiger partial charge in [-0.2, -0.15) is 0 Å². The molecule has 0 radical (unpaired) electrons. The van der Waals surface area contributed by atoms with Crippen molar-refractivity contribution in [2.24, 2.45) is 0 Å². The maximum Gasteiger partial charge on any atom is 0.313 e. The summed E-state index contributed by atoms with van der Waals surface area (Å²) in [5, 5.41) is 11.5. The van der Waals surface area contributed by atoms with Crippen LogP contribution in [0.1, 0.15) is 10.5 Å². The van der Waals surface area contributed by atoms with Gasteiger partial charge in [-0.1, -0.05) is 11.6 Å². The van der Waals surface area contributed by atoms with Crippen molar-refractivity contribution in [3.05, 3.63) is 29.0 Å². The highest BCUT2D eigenvalue weighted by Gasteiger charge is 2.05. The van der Waals surface area contributed by atoms with Gasteiger partial charge >= 0.3 is 5.97 Å². The Hall–Kier alpha value is -1.27. The van der Waals surface area contributed by atoms with Crippen LogP contribution in [0.3, 0.4) is 0 Å². The van der Waals surface area contributed by atoms with Gasteiger partial charge in [0.25, 0.3) is 5.91 Å². The minimum Gasteiger partial charge on any atom is -0.481 e. The molecule has 17 heavy (non-hydrogen) atoms. The Kier molecular flexibility index (Phi) is 5.79. The highest BCUT2D eigenvalue weighted by Crippen LogP contribution is 2.06. The maximum atomic E-state index is 11.5. The molecule has 1 rings (SSSR count). The molecule has 0 fully saturated rings. The van der Waals surface area contributed by atoms with Crippen LogP contribution < -0.4 is 5.32 Å². The van der Waals surface area contributed by atoms with Crippen LogP contribution in [0.5, 0.6) is 0 Å². The molecule has 0 aliphatic rings. The SMILES string of the molecule is O=C(O)CSCCNC(=O)c1ccc(Cl)cn1. The Labute approximate surface area is 108 Å². The third-order valence-corrected chi connectivity index (χ3v) is 2.88. The van der Waals surface area contributed by atoms with Crippen molar-refractivity contribution in [3.63, 3.8) is 0 Å². The lowest BCUT2D eigenvalue weighted by atomic mass is 10.3. The fourth-order valence-electron chi connectivity index (χ4n) is 0.997. The molecule has 5 nitrogen and oxygen atoms in total. The van der Waals surface area contributed by atoms with Crippen molar-refractivity contribution < 1.29 is 14.7 Å². The van der Waals surface area contributed by atoms with E-state index in [-0.39, 0.29) is 17.4 Å². The summed E-state index contributed by atoms with van der Waals surface area (Å²) in [5.41, 5.74) is 0.289. The van der Waals surface area contributed by atoms with Gasteiger partial charge in [0.1, 0.15) is 5.69 Å². The van der Waals surface area contributed by atoms with Crippen molar-refractivity contribution >= 4 is 35.2 Å². The van der Waals surface area contributed by atoms with Crippen molar-refractivity contribution in [2.75, 3.05) is 18.1 Å². The normalized spacial score (nSPS) is 9.94. The molecular formula is C10H11ClN2O3S. The number of nitrogens with one attached hydrogen (secondary N) is 1. The number of pyridine rings is 1. The Balaban J connectivity index is 2.25. The zero-order chi connectivity index (χ0) is 12.7. The van der Waals surface area contributed by atoms with Gasteiger partial charge in [0, 0.05) is 18.5 Å². The summed E-state index contributed by atoms with van der Waals surface area (Å²) in [7, 11) is 0. The molecule has 0 saturated heterocycles. The predicted octanol–water partition coefficient (Wildman–Crippen LogP) is 1.28. The van der Waals surface area contributed by atoms with Crippen molar-refractivity contribution in [1.82, 2.24) is 10.3 Å². The minimum absolute atomic E-state index is 0.0368. The average molecular weight is 275 g/mol. The van der Waals surface area contributed by atoms with E-state index < -0.39 is 5.97 Å². The van der Waals surface area contributed by atoms with Gasteiger partial charge in [0.2, 0.25) is 0 Å². The van der Waals surface area contributed by atoms with Crippen LogP contribution in [0, 0.1) is 0 Å². The van der Waals surface area contributed by atoms with Crippen LogP contribution in [0.15, 0.2) is 18.3 Å².